The highest BCUT2D eigenvalue weighted by Gasteiger charge is 2.19. The molecule has 0 saturated carbocycles. The lowest BCUT2D eigenvalue weighted by Gasteiger charge is -2.20. The van der Waals surface area contributed by atoms with E-state index in [4.69, 9.17) is 4.74 Å². The summed E-state index contributed by atoms with van der Waals surface area (Å²) in [5.74, 6) is 1.73. The molecule has 2 atom stereocenters. The third-order valence-corrected chi connectivity index (χ3v) is 6.30. The van der Waals surface area contributed by atoms with Crippen LogP contribution in [0.25, 0.3) is 0 Å². The Labute approximate surface area is 194 Å². The van der Waals surface area contributed by atoms with Crippen molar-refractivity contribution >= 4 is 17.7 Å². The number of hydrogen-bond acceptors (Lipinski definition) is 5. The molecule has 1 N–H and O–H groups in total. The molecular formula is C25H32N4O2S. The molecule has 1 amide bonds. The number of rotatable bonds is 8. The Balaban J connectivity index is 1.55. The lowest BCUT2D eigenvalue weighted by molar-refractivity contribution is -0.119. The summed E-state index contributed by atoms with van der Waals surface area (Å²) < 4.78 is 7.96. The zero-order chi connectivity index (χ0) is 23.3. The topological polar surface area (TPSA) is 69.0 Å². The standard InChI is InChI=1S/C25H32N4O2S/c1-17(19-10-8-7-9-11-19)26-22(30)16-32-24-28-27-23(29(24)6)18(2)31-21-14-12-20(13-15-21)25(3,4)5/h7-15,17-18H,16H2,1-6H3,(H,26,30)/t17-,18-/m0/s1. The van der Waals surface area contributed by atoms with E-state index in [1.54, 1.807) is 0 Å². The van der Waals surface area contributed by atoms with Crippen LogP contribution in [0, 0.1) is 0 Å². The minimum Gasteiger partial charge on any atom is -0.483 e. The Hall–Kier alpha value is -2.80. The molecule has 0 aliphatic carbocycles. The van der Waals surface area contributed by atoms with Gasteiger partial charge in [-0.2, -0.15) is 0 Å². The van der Waals surface area contributed by atoms with Gasteiger partial charge in [0.1, 0.15) is 5.75 Å². The molecule has 0 fully saturated rings. The molecule has 0 saturated heterocycles. The number of carbonyl (C=O) groups is 1. The molecule has 170 valence electrons. The normalized spacial score (nSPS) is 13.4. The van der Waals surface area contributed by atoms with Crippen molar-refractivity contribution in [1.29, 1.82) is 0 Å². The van der Waals surface area contributed by atoms with Crippen LogP contribution in [0.1, 0.15) is 63.7 Å². The highest BCUT2D eigenvalue weighted by atomic mass is 32.2. The first-order chi connectivity index (χ1) is 15.1. The maximum absolute atomic E-state index is 12.4. The van der Waals surface area contributed by atoms with Gasteiger partial charge in [-0.25, -0.2) is 0 Å². The van der Waals surface area contributed by atoms with Crippen molar-refractivity contribution in [2.75, 3.05) is 5.75 Å². The number of aromatic nitrogens is 3. The summed E-state index contributed by atoms with van der Waals surface area (Å²) in [5.41, 5.74) is 2.44. The van der Waals surface area contributed by atoms with Gasteiger partial charge in [0.2, 0.25) is 5.91 Å². The molecule has 1 aromatic heterocycles. The zero-order valence-corrected chi connectivity index (χ0v) is 20.4. The number of hydrogen-bond donors (Lipinski definition) is 1. The Morgan fingerprint density at radius 3 is 2.34 bits per heavy atom. The van der Waals surface area contributed by atoms with E-state index in [0.717, 1.165) is 11.3 Å². The van der Waals surface area contributed by atoms with Crippen LogP contribution in [0.4, 0.5) is 0 Å². The summed E-state index contributed by atoms with van der Waals surface area (Å²) in [6.07, 6.45) is -0.269. The van der Waals surface area contributed by atoms with Crippen LogP contribution in [0.3, 0.4) is 0 Å². The van der Waals surface area contributed by atoms with E-state index in [1.165, 1.54) is 17.3 Å². The molecule has 0 unspecified atom stereocenters. The van der Waals surface area contributed by atoms with Crippen molar-refractivity contribution in [3.63, 3.8) is 0 Å². The van der Waals surface area contributed by atoms with Gasteiger partial charge in [-0.05, 0) is 42.5 Å². The third-order valence-electron chi connectivity index (χ3n) is 5.27. The molecule has 1 heterocycles. The summed E-state index contributed by atoms with van der Waals surface area (Å²) in [6.45, 7) is 10.5. The first-order valence-corrected chi connectivity index (χ1v) is 11.8. The Kier molecular flexibility index (Phi) is 7.61. The second-order valence-electron chi connectivity index (χ2n) is 8.92. The van der Waals surface area contributed by atoms with Gasteiger partial charge < -0.3 is 14.6 Å². The summed E-state index contributed by atoms with van der Waals surface area (Å²) in [5, 5.41) is 12.2. The van der Waals surface area contributed by atoms with E-state index in [1.807, 2.05) is 67.9 Å². The number of nitrogens with one attached hydrogen (secondary N) is 1. The first-order valence-electron chi connectivity index (χ1n) is 10.8. The van der Waals surface area contributed by atoms with Gasteiger partial charge in [-0.3, -0.25) is 4.79 Å². The number of thioether (sulfide) groups is 1. The molecule has 3 aromatic rings. The molecule has 0 spiro atoms. The van der Waals surface area contributed by atoms with Crippen molar-refractivity contribution in [2.24, 2.45) is 7.05 Å². The minimum atomic E-state index is -0.269. The van der Waals surface area contributed by atoms with Gasteiger partial charge in [0.25, 0.3) is 0 Å². The predicted octanol–water partition coefficient (Wildman–Crippen LogP) is 5.22. The summed E-state index contributed by atoms with van der Waals surface area (Å²) in [7, 11) is 1.89. The number of ether oxygens (including phenoxy) is 1. The van der Waals surface area contributed by atoms with Gasteiger partial charge >= 0.3 is 0 Å². The van der Waals surface area contributed by atoms with Crippen molar-refractivity contribution in [3.8, 4) is 5.75 Å². The van der Waals surface area contributed by atoms with E-state index >= 15 is 0 Å². The highest BCUT2D eigenvalue weighted by molar-refractivity contribution is 7.99. The van der Waals surface area contributed by atoms with Crippen LogP contribution >= 0.6 is 11.8 Å². The Morgan fingerprint density at radius 1 is 1.06 bits per heavy atom. The first kappa shape index (κ1) is 23.9. The van der Waals surface area contributed by atoms with Crippen molar-refractivity contribution in [3.05, 3.63) is 71.5 Å². The average Bonchev–Trinajstić information content (AvgIpc) is 3.13. The summed E-state index contributed by atoms with van der Waals surface area (Å²) in [6, 6.07) is 18.0. The quantitative estimate of drug-likeness (QED) is 0.475. The van der Waals surface area contributed by atoms with Gasteiger partial charge in [0, 0.05) is 7.05 Å². The molecule has 3 rings (SSSR count). The summed E-state index contributed by atoms with van der Waals surface area (Å²) >= 11 is 1.36. The number of amides is 1. The molecular weight excluding hydrogens is 420 g/mol. The number of carbonyl (C=O) groups excluding carboxylic acids is 1. The zero-order valence-electron chi connectivity index (χ0n) is 19.6. The lowest BCUT2D eigenvalue weighted by Crippen LogP contribution is -2.28. The largest absolute Gasteiger partial charge is 0.483 e. The van der Waals surface area contributed by atoms with Crippen LogP contribution in [0.5, 0.6) is 5.75 Å². The molecule has 2 aromatic carbocycles. The second-order valence-corrected chi connectivity index (χ2v) is 9.87. The fourth-order valence-electron chi connectivity index (χ4n) is 3.33. The third kappa shape index (κ3) is 6.13. The smallest absolute Gasteiger partial charge is 0.230 e. The van der Waals surface area contributed by atoms with E-state index in [-0.39, 0.29) is 29.2 Å². The predicted molar refractivity (Wildman–Crippen MR) is 129 cm³/mol. The van der Waals surface area contributed by atoms with E-state index in [9.17, 15) is 4.79 Å². The molecule has 32 heavy (non-hydrogen) atoms. The van der Waals surface area contributed by atoms with E-state index < -0.39 is 0 Å². The van der Waals surface area contributed by atoms with E-state index in [2.05, 4.69) is 48.4 Å². The van der Waals surface area contributed by atoms with Crippen LogP contribution in [0.2, 0.25) is 0 Å². The van der Waals surface area contributed by atoms with Gasteiger partial charge in [0.15, 0.2) is 17.1 Å². The van der Waals surface area contributed by atoms with Gasteiger partial charge in [-0.1, -0.05) is 75.0 Å². The van der Waals surface area contributed by atoms with Crippen LogP contribution < -0.4 is 10.1 Å². The molecule has 0 bridgehead atoms. The number of benzene rings is 2. The van der Waals surface area contributed by atoms with Crippen molar-refractivity contribution < 1.29 is 9.53 Å². The van der Waals surface area contributed by atoms with Crippen LogP contribution in [0.15, 0.2) is 59.8 Å². The second kappa shape index (κ2) is 10.2. The number of nitrogens with zero attached hydrogens (tertiary/aromatic N) is 3. The maximum atomic E-state index is 12.4. The fourth-order valence-corrected chi connectivity index (χ4v) is 4.06. The molecule has 0 aliphatic rings. The Morgan fingerprint density at radius 2 is 1.72 bits per heavy atom. The van der Waals surface area contributed by atoms with Gasteiger partial charge in [0.05, 0.1) is 11.8 Å². The van der Waals surface area contributed by atoms with Gasteiger partial charge in [-0.15, -0.1) is 10.2 Å². The van der Waals surface area contributed by atoms with Crippen LogP contribution in [-0.2, 0) is 17.3 Å². The highest BCUT2D eigenvalue weighted by Crippen LogP contribution is 2.27. The monoisotopic (exact) mass is 452 g/mol. The average molecular weight is 453 g/mol. The molecule has 7 heteroatoms. The van der Waals surface area contributed by atoms with E-state index in [0.29, 0.717) is 11.0 Å². The molecule has 6 nitrogen and oxygen atoms in total. The summed E-state index contributed by atoms with van der Waals surface area (Å²) in [4.78, 5) is 12.4. The fraction of sp³-hybridized carbons (Fsp3) is 0.400. The molecule has 0 aliphatic heterocycles. The molecule has 0 radical (unpaired) electrons. The Bertz CT molecular complexity index is 1030. The van der Waals surface area contributed by atoms with Crippen molar-refractivity contribution in [1.82, 2.24) is 20.1 Å². The van der Waals surface area contributed by atoms with Crippen molar-refractivity contribution in [2.45, 2.75) is 57.3 Å². The lowest BCUT2D eigenvalue weighted by atomic mass is 9.87. The van der Waals surface area contributed by atoms with Crippen LogP contribution in [-0.4, -0.2) is 26.4 Å². The maximum Gasteiger partial charge on any atom is 0.230 e. The SMILES string of the molecule is C[C@H](NC(=O)CSc1nnc([C@H](C)Oc2ccc(C(C)(C)C)cc2)n1C)c1ccccc1. The minimum absolute atomic E-state index is 0.0425.